The average molecular weight is 684 g/mol. The Kier molecular flexibility index (Phi) is 8.39. The Bertz CT molecular complexity index is 1900. The Hall–Kier alpha value is -3.62. The molecule has 8 heteroatoms. The van der Waals surface area contributed by atoms with Crippen LogP contribution in [0.15, 0.2) is 94.5 Å². The summed E-state index contributed by atoms with van der Waals surface area (Å²) in [6.45, 7) is 20.5. The van der Waals surface area contributed by atoms with Crippen LogP contribution in [0.3, 0.4) is 0 Å². The molecule has 0 unspecified atom stereocenters. The molecule has 3 aromatic carbocycles. The van der Waals surface area contributed by atoms with Crippen LogP contribution in [0.4, 0.5) is 5.69 Å². The SMILES string of the molecule is COc1ccc(C2=C3C=C([Si](C(C)C)(C(C)C)C(C)C)[C@@]4(C(=O)N(S(=O)(=O)c5ccc(C)cc5)c5ccccc54)C(C)(C)[C@H]3CO2)cc1. The predicted molar refractivity (Wildman–Crippen MR) is 196 cm³/mol. The number of rotatable bonds is 8. The van der Waals surface area contributed by atoms with Crippen molar-refractivity contribution in [1.29, 1.82) is 0 Å². The van der Waals surface area contributed by atoms with E-state index in [0.717, 1.165) is 43.3 Å². The van der Waals surface area contributed by atoms with E-state index in [-0.39, 0.29) is 33.3 Å². The van der Waals surface area contributed by atoms with Crippen molar-refractivity contribution in [3.8, 4) is 5.75 Å². The van der Waals surface area contributed by atoms with Crippen LogP contribution >= 0.6 is 0 Å². The number of nitrogens with zero attached hydrogens (tertiary/aromatic N) is 1. The summed E-state index contributed by atoms with van der Waals surface area (Å²) in [7, 11) is -5.22. The van der Waals surface area contributed by atoms with Gasteiger partial charge in [0, 0.05) is 17.1 Å². The highest BCUT2D eigenvalue weighted by Crippen LogP contribution is 2.69. The standard InChI is InChI=1S/C40H49NO5SSi/c1-25(2)48(26(3)4,27(5)6)36-23-32-34(24-46-37(32)29-17-19-30(45-10)20-18-29)39(8,9)40(36)33-13-11-12-14-35(33)41(38(40)42)47(43,44)31-21-15-28(7)16-22-31/h11-23,25-27,34H,24H2,1-10H3/t34-,40-/m0/s1. The zero-order chi connectivity index (χ0) is 35.0. The van der Waals surface area contributed by atoms with Crippen LogP contribution in [-0.4, -0.2) is 36.1 Å². The molecule has 1 amide bonds. The number of para-hydroxylation sites is 1. The molecule has 2 aliphatic heterocycles. The second-order valence-corrected chi connectivity index (χ2v) is 22.9. The second-order valence-electron chi connectivity index (χ2n) is 15.2. The molecule has 6 rings (SSSR count). The van der Waals surface area contributed by atoms with Gasteiger partial charge in [0.15, 0.2) is 0 Å². The molecule has 254 valence electrons. The van der Waals surface area contributed by atoms with Gasteiger partial charge in [-0.1, -0.05) is 103 Å². The van der Waals surface area contributed by atoms with Crippen molar-refractivity contribution in [1.82, 2.24) is 0 Å². The fraction of sp³-hybridized carbons (Fsp3) is 0.425. The lowest BCUT2D eigenvalue weighted by Crippen LogP contribution is -2.64. The minimum Gasteiger partial charge on any atom is -0.497 e. The molecule has 1 aliphatic carbocycles. The van der Waals surface area contributed by atoms with Crippen LogP contribution in [0, 0.1) is 18.3 Å². The molecule has 3 aliphatic rings. The van der Waals surface area contributed by atoms with Gasteiger partial charge in [-0.2, -0.15) is 0 Å². The molecule has 2 heterocycles. The zero-order valence-corrected chi connectivity index (χ0v) is 31.7. The van der Waals surface area contributed by atoms with E-state index in [1.165, 1.54) is 0 Å². The van der Waals surface area contributed by atoms with E-state index in [2.05, 4.69) is 61.5 Å². The number of amides is 1. The number of methoxy groups -OCH3 is 1. The Morgan fingerprint density at radius 2 is 1.46 bits per heavy atom. The molecule has 0 aromatic heterocycles. The second kappa shape index (κ2) is 11.8. The van der Waals surface area contributed by atoms with Gasteiger partial charge in [0.05, 0.1) is 32.4 Å². The van der Waals surface area contributed by atoms with Gasteiger partial charge in [-0.3, -0.25) is 4.79 Å². The summed E-state index contributed by atoms with van der Waals surface area (Å²) in [6.07, 6.45) is 2.31. The Balaban J connectivity index is 1.73. The van der Waals surface area contributed by atoms with E-state index in [4.69, 9.17) is 9.47 Å². The fourth-order valence-electron chi connectivity index (χ4n) is 9.79. The van der Waals surface area contributed by atoms with Crippen molar-refractivity contribution in [3.63, 3.8) is 0 Å². The smallest absolute Gasteiger partial charge is 0.270 e. The summed E-state index contributed by atoms with van der Waals surface area (Å²) in [5.74, 6) is 1.06. The highest BCUT2D eigenvalue weighted by molar-refractivity contribution is 7.93. The molecular weight excluding hydrogens is 635 g/mol. The first-order valence-electron chi connectivity index (χ1n) is 17.1. The van der Waals surface area contributed by atoms with Crippen molar-refractivity contribution in [2.24, 2.45) is 11.3 Å². The Labute approximate surface area is 287 Å². The number of anilines is 1. The summed E-state index contributed by atoms with van der Waals surface area (Å²) >= 11 is 0. The van der Waals surface area contributed by atoms with Crippen molar-refractivity contribution in [2.45, 2.75) is 89.2 Å². The normalized spacial score (nSPS) is 22.0. The van der Waals surface area contributed by atoms with Gasteiger partial charge in [0.2, 0.25) is 0 Å². The highest BCUT2D eigenvalue weighted by Gasteiger charge is 2.71. The van der Waals surface area contributed by atoms with E-state index in [9.17, 15) is 8.42 Å². The summed E-state index contributed by atoms with van der Waals surface area (Å²) in [5, 5.41) is 1.11. The topological polar surface area (TPSA) is 72.9 Å². The van der Waals surface area contributed by atoms with E-state index in [1.807, 2.05) is 55.5 Å². The highest BCUT2D eigenvalue weighted by atomic mass is 32.2. The number of benzene rings is 3. The third-order valence-electron chi connectivity index (χ3n) is 11.8. The van der Waals surface area contributed by atoms with Crippen molar-refractivity contribution in [2.75, 3.05) is 18.0 Å². The van der Waals surface area contributed by atoms with Gasteiger partial charge in [0.1, 0.15) is 16.9 Å². The first kappa shape index (κ1) is 34.2. The van der Waals surface area contributed by atoms with Crippen LogP contribution in [0.2, 0.25) is 16.6 Å². The summed E-state index contributed by atoms with van der Waals surface area (Å²) in [5.41, 5.74) is 3.06. The minimum atomic E-state index is -4.24. The molecule has 0 saturated heterocycles. The molecule has 0 radical (unpaired) electrons. The van der Waals surface area contributed by atoms with E-state index < -0.39 is 28.9 Å². The third-order valence-corrected chi connectivity index (χ3v) is 20.7. The van der Waals surface area contributed by atoms with Gasteiger partial charge in [-0.05, 0) is 77.0 Å². The fourth-order valence-corrected chi connectivity index (χ4v) is 18.7. The lowest BCUT2D eigenvalue weighted by molar-refractivity contribution is -0.125. The van der Waals surface area contributed by atoms with E-state index in [1.54, 1.807) is 31.4 Å². The van der Waals surface area contributed by atoms with Crippen LogP contribution in [0.5, 0.6) is 5.75 Å². The maximum Gasteiger partial charge on any atom is 0.270 e. The molecule has 1 spiro atoms. The summed E-state index contributed by atoms with van der Waals surface area (Å²) in [6, 6.07) is 22.3. The van der Waals surface area contributed by atoms with Crippen LogP contribution < -0.4 is 9.04 Å². The molecule has 0 N–H and O–H groups in total. The van der Waals surface area contributed by atoms with Crippen molar-refractivity contribution >= 4 is 35.5 Å². The maximum atomic E-state index is 15.8. The number of fused-ring (bicyclic) bond motifs is 3. The Morgan fingerprint density at radius 1 is 0.875 bits per heavy atom. The summed E-state index contributed by atoms with van der Waals surface area (Å²) in [4.78, 5) is 15.9. The lowest BCUT2D eigenvalue weighted by Gasteiger charge is -2.58. The minimum absolute atomic E-state index is 0.110. The summed E-state index contributed by atoms with van der Waals surface area (Å²) < 4.78 is 42.6. The molecule has 0 bridgehead atoms. The zero-order valence-electron chi connectivity index (χ0n) is 29.9. The van der Waals surface area contributed by atoms with Gasteiger partial charge in [0.25, 0.3) is 15.9 Å². The Morgan fingerprint density at radius 3 is 2.02 bits per heavy atom. The van der Waals surface area contributed by atoms with Gasteiger partial charge in [-0.15, -0.1) is 0 Å². The number of aryl methyl sites for hydroxylation is 1. The first-order valence-corrected chi connectivity index (χ1v) is 20.8. The molecule has 0 fully saturated rings. The molecule has 48 heavy (non-hydrogen) atoms. The number of ether oxygens (including phenoxy) is 2. The van der Waals surface area contributed by atoms with Crippen LogP contribution in [0.1, 0.15) is 72.1 Å². The molecular formula is C40H49NO5SSi. The average Bonchev–Trinajstić information content (AvgIpc) is 3.58. The van der Waals surface area contributed by atoms with Crippen LogP contribution in [-0.2, 0) is 25.0 Å². The number of sulfonamides is 1. The van der Waals surface area contributed by atoms with E-state index in [0.29, 0.717) is 12.3 Å². The van der Waals surface area contributed by atoms with Gasteiger partial charge >= 0.3 is 0 Å². The number of hydrogen-bond acceptors (Lipinski definition) is 5. The quantitative estimate of drug-likeness (QED) is 0.222. The first-order chi connectivity index (χ1) is 22.6. The molecule has 0 saturated carbocycles. The lowest BCUT2D eigenvalue weighted by atomic mass is 9.52. The largest absolute Gasteiger partial charge is 0.497 e. The molecule has 6 nitrogen and oxygen atoms in total. The van der Waals surface area contributed by atoms with Gasteiger partial charge < -0.3 is 9.47 Å². The predicted octanol–water partition coefficient (Wildman–Crippen LogP) is 9.22. The number of allylic oxidation sites excluding steroid dienone is 1. The van der Waals surface area contributed by atoms with Crippen molar-refractivity contribution in [3.05, 3.63) is 106 Å². The molecule has 2 atom stereocenters. The maximum absolute atomic E-state index is 15.8. The number of carbonyl (C=O) groups is 1. The van der Waals surface area contributed by atoms with Gasteiger partial charge in [-0.25, -0.2) is 12.7 Å². The third kappa shape index (κ3) is 4.47. The number of carbonyl (C=O) groups excluding carboxylic acids is 1. The van der Waals surface area contributed by atoms with Crippen LogP contribution in [0.25, 0.3) is 5.76 Å². The van der Waals surface area contributed by atoms with E-state index >= 15 is 4.79 Å². The monoisotopic (exact) mass is 683 g/mol. The van der Waals surface area contributed by atoms with Crippen molar-refractivity contribution < 1.29 is 22.7 Å². The number of hydrogen-bond donors (Lipinski definition) is 0. The molecule has 3 aromatic rings.